The zero-order valence-corrected chi connectivity index (χ0v) is 8.31. The largest absolute Gasteiger partial charge is 0.372 e. The minimum Gasteiger partial charge on any atom is -0.372 e. The van der Waals surface area contributed by atoms with Crippen molar-refractivity contribution in [3.05, 3.63) is 24.3 Å². The third-order valence-corrected chi connectivity index (χ3v) is 2.58. The highest BCUT2D eigenvalue weighted by Gasteiger charge is 2.29. The molecule has 2 unspecified atom stereocenters. The van der Waals surface area contributed by atoms with E-state index in [2.05, 4.69) is 15.3 Å². The molecule has 76 valence electrons. The van der Waals surface area contributed by atoms with Crippen molar-refractivity contribution >= 4 is 0 Å². The van der Waals surface area contributed by atoms with Crippen LogP contribution in [0.25, 0.3) is 0 Å². The van der Waals surface area contributed by atoms with Crippen molar-refractivity contribution in [3.63, 3.8) is 0 Å². The third kappa shape index (κ3) is 1.91. The number of nitrogens with zero attached hydrogens (tertiary/aromatic N) is 2. The van der Waals surface area contributed by atoms with Crippen molar-refractivity contribution in [2.75, 3.05) is 20.2 Å². The Balaban J connectivity index is 2.10. The average Bonchev–Trinajstić information content (AvgIpc) is 2.68. The standard InChI is InChI=1S/C10H15N3O/c1-11-6-8-3-5-14-10(8)9-2-4-12-7-13-9/h2,4,7-8,10-11H,3,5-6H2,1H3. The highest BCUT2D eigenvalue weighted by Crippen LogP contribution is 2.32. The maximum atomic E-state index is 5.67. The number of hydrogen-bond donors (Lipinski definition) is 1. The van der Waals surface area contributed by atoms with Gasteiger partial charge in [-0.25, -0.2) is 9.97 Å². The molecule has 4 heteroatoms. The van der Waals surface area contributed by atoms with Gasteiger partial charge in [0.15, 0.2) is 0 Å². The molecule has 0 saturated carbocycles. The number of aromatic nitrogens is 2. The summed E-state index contributed by atoms with van der Waals surface area (Å²) in [7, 11) is 1.97. The van der Waals surface area contributed by atoms with Gasteiger partial charge >= 0.3 is 0 Å². The van der Waals surface area contributed by atoms with E-state index in [0.29, 0.717) is 5.92 Å². The monoisotopic (exact) mass is 193 g/mol. The molecule has 0 bridgehead atoms. The lowest BCUT2D eigenvalue weighted by Gasteiger charge is -2.16. The number of rotatable bonds is 3. The molecule has 0 amide bonds. The van der Waals surface area contributed by atoms with E-state index >= 15 is 0 Å². The quantitative estimate of drug-likeness (QED) is 0.770. The van der Waals surface area contributed by atoms with Crippen LogP contribution in [-0.4, -0.2) is 30.2 Å². The smallest absolute Gasteiger partial charge is 0.115 e. The predicted octanol–water partition coefficient (Wildman–Crippen LogP) is 0.774. The molecule has 2 atom stereocenters. The topological polar surface area (TPSA) is 47.0 Å². The Morgan fingerprint density at radius 3 is 3.29 bits per heavy atom. The summed E-state index contributed by atoms with van der Waals surface area (Å²) in [6, 6.07) is 1.93. The molecule has 2 heterocycles. The number of nitrogens with one attached hydrogen (secondary N) is 1. The minimum atomic E-state index is 0.144. The molecule has 0 radical (unpaired) electrons. The molecule has 0 aliphatic carbocycles. The van der Waals surface area contributed by atoms with E-state index < -0.39 is 0 Å². The van der Waals surface area contributed by atoms with Crippen LogP contribution in [0.1, 0.15) is 18.2 Å². The summed E-state index contributed by atoms with van der Waals surface area (Å²) >= 11 is 0. The van der Waals surface area contributed by atoms with Gasteiger partial charge in [0, 0.05) is 25.3 Å². The van der Waals surface area contributed by atoms with Gasteiger partial charge in [0.05, 0.1) is 5.69 Å². The summed E-state index contributed by atoms with van der Waals surface area (Å²) in [5.74, 6) is 0.537. The summed E-state index contributed by atoms with van der Waals surface area (Å²) < 4.78 is 5.67. The summed E-state index contributed by atoms with van der Waals surface area (Å²) in [6.45, 7) is 1.82. The van der Waals surface area contributed by atoms with Gasteiger partial charge in [-0.1, -0.05) is 0 Å². The number of ether oxygens (including phenoxy) is 1. The van der Waals surface area contributed by atoms with Crippen LogP contribution < -0.4 is 5.32 Å². The highest BCUT2D eigenvalue weighted by atomic mass is 16.5. The second-order valence-corrected chi connectivity index (χ2v) is 3.53. The molecule has 1 aliphatic heterocycles. The zero-order chi connectivity index (χ0) is 9.80. The molecule has 2 rings (SSSR count). The van der Waals surface area contributed by atoms with E-state index in [-0.39, 0.29) is 6.10 Å². The Morgan fingerprint density at radius 2 is 2.57 bits per heavy atom. The van der Waals surface area contributed by atoms with E-state index in [4.69, 9.17) is 4.74 Å². The lowest BCUT2D eigenvalue weighted by Crippen LogP contribution is -2.21. The van der Waals surface area contributed by atoms with Crippen LogP contribution in [0, 0.1) is 5.92 Å². The molecule has 0 aromatic carbocycles. The Labute approximate surface area is 83.7 Å². The Hall–Kier alpha value is -1.00. The lowest BCUT2D eigenvalue weighted by molar-refractivity contribution is 0.0874. The van der Waals surface area contributed by atoms with Crippen LogP contribution in [0.4, 0.5) is 0 Å². The molecule has 1 N–H and O–H groups in total. The van der Waals surface area contributed by atoms with Crippen LogP contribution in [0.3, 0.4) is 0 Å². The maximum Gasteiger partial charge on any atom is 0.115 e. The molecule has 1 saturated heterocycles. The first-order valence-corrected chi connectivity index (χ1v) is 4.94. The van der Waals surface area contributed by atoms with Crippen molar-refractivity contribution in [1.29, 1.82) is 0 Å². The van der Waals surface area contributed by atoms with Crippen molar-refractivity contribution in [1.82, 2.24) is 15.3 Å². The highest BCUT2D eigenvalue weighted by molar-refractivity contribution is 5.05. The summed E-state index contributed by atoms with van der Waals surface area (Å²) in [6.07, 6.45) is 4.59. The molecule has 1 aliphatic rings. The van der Waals surface area contributed by atoms with Gasteiger partial charge in [0.1, 0.15) is 12.4 Å². The van der Waals surface area contributed by atoms with Crippen LogP contribution >= 0.6 is 0 Å². The van der Waals surface area contributed by atoms with Crippen molar-refractivity contribution in [2.45, 2.75) is 12.5 Å². The van der Waals surface area contributed by atoms with Crippen molar-refractivity contribution in [3.8, 4) is 0 Å². The van der Waals surface area contributed by atoms with Gasteiger partial charge in [-0.15, -0.1) is 0 Å². The second kappa shape index (κ2) is 4.48. The van der Waals surface area contributed by atoms with E-state index in [1.807, 2.05) is 13.1 Å². The molecule has 1 aromatic rings. The van der Waals surface area contributed by atoms with Gasteiger partial charge in [-0.05, 0) is 19.5 Å². The predicted molar refractivity (Wildman–Crippen MR) is 52.8 cm³/mol. The summed E-state index contributed by atoms with van der Waals surface area (Å²) in [5.41, 5.74) is 0.998. The Morgan fingerprint density at radius 1 is 1.64 bits per heavy atom. The molecular weight excluding hydrogens is 178 g/mol. The molecule has 1 aromatic heterocycles. The molecule has 14 heavy (non-hydrogen) atoms. The van der Waals surface area contributed by atoms with E-state index in [0.717, 1.165) is 25.3 Å². The molecule has 4 nitrogen and oxygen atoms in total. The molecular formula is C10H15N3O. The van der Waals surface area contributed by atoms with Crippen molar-refractivity contribution < 1.29 is 4.74 Å². The first-order chi connectivity index (χ1) is 6.92. The van der Waals surface area contributed by atoms with Gasteiger partial charge in [-0.2, -0.15) is 0 Å². The van der Waals surface area contributed by atoms with E-state index in [1.54, 1.807) is 12.5 Å². The van der Waals surface area contributed by atoms with Crippen LogP contribution in [0.5, 0.6) is 0 Å². The first kappa shape index (κ1) is 9.55. The number of hydrogen-bond acceptors (Lipinski definition) is 4. The van der Waals surface area contributed by atoms with Crippen molar-refractivity contribution in [2.24, 2.45) is 5.92 Å². The minimum absolute atomic E-state index is 0.144. The van der Waals surface area contributed by atoms with Crippen LogP contribution in [-0.2, 0) is 4.74 Å². The third-order valence-electron chi connectivity index (χ3n) is 2.58. The molecule has 0 spiro atoms. The molecule has 1 fully saturated rings. The fraction of sp³-hybridized carbons (Fsp3) is 0.600. The van der Waals surface area contributed by atoms with Crippen LogP contribution in [0.15, 0.2) is 18.6 Å². The van der Waals surface area contributed by atoms with Gasteiger partial charge in [-0.3, -0.25) is 0 Å². The maximum absolute atomic E-state index is 5.67. The Kier molecular flexibility index (Phi) is 3.06. The zero-order valence-electron chi connectivity index (χ0n) is 8.31. The van der Waals surface area contributed by atoms with E-state index in [9.17, 15) is 0 Å². The normalized spacial score (nSPS) is 26.6. The lowest BCUT2D eigenvalue weighted by atomic mass is 9.99. The SMILES string of the molecule is CNCC1CCOC1c1ccncn1. The van der Waals surface area contributed by atoms with Gasteiger partial charge in [0.25, 0.3) is 0 Å². The van der Waals surface area contributed by atoms with Gasteiger partial charge in [0.2, 0.25) is 0 Å². The van der Waals surface area contributed by atoms with Gasteiger partial charge < -0.3 is 10.1 Å². The fourth-order valence-electron chi connectivity index (χ4n) is 1.90. The van der Waals surface area contributed by atoms with E-state index in [1.165, 1.54) is 0 Å². The first-order valence-electron chi connectivity index (χ1n) is 4.94. The average molecular weight is 193 g/mol. The fourth-order valence-corrected chi connectivity index (χ4v) is 1.90. The Bertz CT molecular complexity index is 278. The van der Waals surface area contributed by atoms with Crippen LogP contribution in [0.2, 0.25) is 0 Å². The second-order valence-electron chi connectivity index (χ2n) is 3.53. The summed E-state index contributed by atoms with van der Waals surface area (Å²) in [5, 5.41) is 3.19. The summed E-state index contributed by atoms with van der Waals surface area (Å²) in [4.78, 5) is 8.13.